The first kappa shape index (κ1) is 13.0. The van der Waals surface area contributed by atoms with E-state index < -0.39 is 0 Å². The zero-order chi connectivity index (χ0) is 14.1. The van der Waals surface area contributed by atoms with Gasteiger partial charge in [0.05, 0.1) is 7.11 Å². The van der Waals surface area contributed by atoms with Gasteiger partial charge < -0.3 is 10.1 Å². The van der Waals surface area contributed by atoms with Crippen molar-refractivity contribution in [2.45, 2.75) is 6.42 Å². The van der Waals surface area contributed by atoms with E-state index in [0.717, 1.165) is 27.6 Å². The Morgan fingerprint density at radius 3 is 3.05 bits per heavy atom. The molecule has 4 heteroatoms. The Morgan fingerprint density at radius 1 is 1.40 bits per heavy atom. The van der Waals surface area contributed by atoms with Crippen LogP contribution in [0.5, 0.6) is 5.75 Å². The smallest absolute Gasteiger partial charge is 0.252 e. The van der Waals surface area contributed by atoms with Crippen LogP contribution in [0.1, 0.15) is 12.0 Å². The van der Waals surface area contributed by atoms with Crippen LogP contribution in [0.2, 0.25) is 0 Å². The summed E-state index contributed by atoms with van der Waals surface area (Å²) in [7, 11) is 1.63. The third kappa shape index (κ3) is 2.37. The highest BCUT2D eigenvalue weighted by molar-refractivity contribution is 6.30. The van der Waals surface area contributed by atoms with Gasteiger partial charge in [-0.1, -0.05) is 23.7 Å². The molecule has 1 atom stereocenters. The maximum Gasteiger partial charge on any atom is 0.252 e. The van der Waals surface area contributed by atoms with Gasteiger partial charge >= 0.3 is 0 Å². The van der Waals surface area contributed by atoms with Crippen LogP contribution in [0.4, 0.5) is 0 Å². The van der Waals surface area contributed by atoms with Gasteiger partial charge in [0.15, 0.2) is 0 Å². The molecule has 1 aliphatic carbocycles. The molecular formula is C16H14ClNO2. The van der Waals surface area contributed by atoms with Gasteiger partial charge in [-0.2, -0.15) is 0 Å². The quantitative estimate of drug-likeness (QED) is 0.848. The van der Waals surface area contributed by atoms with Crippen LogP contribution in [-0.4, -0.2) is 13.0 Å². The number of rotatable bonds is 2. The molecule has 3 nitrogen and oxygen atoms in total. The molecule has 1 unspecified atom stereocenters. The summed E-state index contributed by atoms with van der Waals surface area (Å²) in [5, 5.41) is 3.66. The first-order valence-corrected chi connectivity index (χ1v) is 6.78. The van der Waals surface area contributed by atoms with E-state index in [-0.39, 0.29) is 11.8 Å². The van der Waals surface area contributed by atoms with Gasteiger partial charge in [-0.3, -0.25) is 4.79 Å². The summed E-state index contributed by atoms with van der Waals surface area (Å²) in [6.45, 7) is 0. The number of fused-ring (bicyclic) bond motifs is 1. The molecular weight excluding hydrogens is 274 g/mol. The number of amides is 1. The molecule has 1 heterocycles. The molecule has 1 aliphatic heterocycles. The van der Waals surface area contributed by atoms with Gasteiger partial charge in [0.2, 0.25) is 0 Å². The second-order valence-electron chi connectivity index (χ2n) is 4.82. The van der Waals surface area contributed by atoms with Crippen molar-refractivity contribution < 1.29 is 9.53 Å². The Kier molecular flexibility index (Phi) is 3.36. The molecule has 0 aromatic heterocycles. The van der Waals surface area contributed by atoms with Crippen molar-refractivity contribution in [1.82, 2.24) is 5.32 Å². The average molecular weight is 288 g/mol. The minimum absolute atomic E-state index is 0.0335. The molecule has 20 heavy (non-hydrogen) atoms. The van der Waals surface area contributed by atoms with Crippen molar-refractivity contribution in [3.63, 3.8) is 0 Å². The summed E-state index contributed by atoms with van der Waals surface area (Å²) in [5.74, 6) is 0.755. The minimum atomic E-state index is -0.0520. The van der Waals surface area contributed by atoms with Gasteiger partial charge in [0, 0.05) is 22.2 Å². The summed E-state index contributed by atoms with van der Waals surface area (Å²) in [6.07, 6.45) is 6.28. The van der Waals surface area contributed by atoms with Crippen molar-refractivity contribution in [2.75, 3.05) is 7.11 Å². The third-order valence-electron chi connectivity index (χ3n) is 3.53. The van der Waals surface area contributed by atoms with Gasteiger partial charge in [-0.05, 0) is 42.3 Å². The van der Waals surface area contributed by atoms with E-state index in [4.69, 9.17) is 16.3 Å². The van der Waals surface area contributed by atoms with Gasteiger partial charge in [0.1, 0.15) is 5.75 Å². The molecule has 0 radical (unpaired) electrons. The predicted octanol–water partition coefficient (Wildman–Crippen LogP) is 3.23. The first-order chi connectivity index (χ1) is 9.67. The summed E-state index contributed by atoms with van der Waals surface area (Å²) in [4.78, 5) is 12.1. The largest absolute Gasteiger partial charge is 0.497 e. The summed E-state index contributed by atoms with van der Waals surface area (Å²) in [6, 6.07) is 7.64. The Bertz CT molecular complexity index is 658. The molecule has 1 aromatic rings. The number of ether oxygens (including phenoxy) is 1. The second kappa shape index (κ2) is 5.17. The number of hydrogen-bond acceptors (Lipinski definition) is 2. The van der Waals surface area contributed by atoms with Crippen LogP contribution in [-0.2, 0) is 4.79 Å². The maximum atomic E-state index is 12.1. The fourth-order valence-corrected chi connectivity index (χ4v) is 2.73. The standard InChI is InChI=1S/C16H14ClNO2/c1-20-12-4-2-3-10(7-12)8-14-13-9-11(17)5-6-15(13)18-16(14)19/h2-8,13H,9H2,1H3,(H,18,19)/b14-8+. The number of nitrogens with one attached hydrogen (secondary N) is 1. The Labute approximate surface area is 122 Å². The summed E-state index contributed by atoms with van der Waals surface area (Å²) < 4.78 is 5.20. The maximum absolute atomic E-state index is 12.1. The van der Waals surface area contributed by atoms with E-state index in [2.05, 4.69) is 5.32 Å². The van der Waals surface area contributed by atoms with E-state index in [1.807, 2.05) is 42.5 Å². The molecule has 2 aliphatic rings. The number of carbonyl (C=O) groups is 1. The number of hydrogen-bond donors (Lipinski definition) is 1. The van der Waals surface area contributed by atoms with Crippen molar-refractivity contribution in [1.29, 1.82) is 0 Å². The van der Waals surface area contributed by atoms with E-state index in [0.29, 0.717) is 6.42 Å². The third-order valence-corrected chi connectivity index (χ3v) is 3.81. The normalized spacial score (nSPS) is 23.0. The van der Waals surface area contributed by atoms with Crippen molar-refractivity contribution in [3.05, 3.63) is 58.3 Å². The number of benzene rings is 1. The molecule has 1 N–H and O–H groups in total. The topological polar surface area (TPSA) is 38.3 Å². The lowest BCUT2D eigenvalue weighted by Gasteiger charge is -2.14. The molecule has 102 valence electrons. The van der Waals surface area contributed by atoms with Gasteiger partial charge in [-0.25, -0.2) is 0 Å². The van der Waals surface area contributed by atoms with E-state index in [1.165, 1.54) is 0 Å². The van der Waals surface area contributed by atoms with Gasteiger partial charge in [0.25, 0.3) is 5.91 Å². The number of carbonyl (C=O) groups excluding carboxylic acids is 1. The molecule has 1 fully saturated rings. The first-order valence-electron chi connectivity index (χ1n) is 6.40. The zero-order valence-electron chi connectivity index (χ0n) is 11.0. The SMILES string of the molecule is COc1cccc(/C=C2/C(=O)NC3=CC=C(Cl)CC32)c1. The molecule has 1 saturated heterocycles. The monoisotopic (exact) mass is 287 g/mol. The van der Waals surface area contributed by atoms with Crippen molar-refractivity contribution in [3.8, 4) is 5.75 Å². The predicted molar refractivity (Wildman–Crippen MR) is 79.2 cm³/mol. The summed E-state index contributed by atoms with van der Waals surface area (Å²) in [5.41, 5.74) is 2.62. The van der Waals surface area contributed by atoms with Crippen molar-refractivity contribution >= 4 is 23.6 Å². The Balaban J connectivity index is 1.96. The number of allylic oxidation sites excluding steroid dienone is 4. The highest BCUT2D eigenvalue weighted by atomic mass is 35.5. The van der Waals surface area contributed by atoms with Crippen LogP contribution in [0.15, 0.2) is 52.7 Å². The minimum Gasteiger partial charge on any atom is -0.497 e. The molecule has 0 saturated carbocycles. The fourth-order valence-electron chi connectivity index (χ4n) is 2.51. The van der Waals surface area contributed by atoms with Crippen molar-refractivity contribution in [2.24, 2.45) is 5.92 Å². The molecule has 0 bridgehead atoms. The van der Waals surface area contributed by atoms with E-state index in [9.17, 15) is 4.79 Å². The summed E-state index contributed by atoms with van der Waals surface area (Å²) >= 11 is 6.08. The lowest BCUT2D eigenvalue weighted by molar-refractivity contribution is -0.115. The number of halogens is 1. The van der Waals surface area contributed by atoms with Crippen LogP contribution in [0.25, 0.3) is 6.08 Å². The van der Waals surface area contributed by atoms with Crippen LogP contribution < -0.4 is 10.1 Å². The number of methoxy groups -OCH3 is 1. The lowest BCUT2D eigenvalue weighted by Crippen LogP contribution is -2.13. The highest BCUT2D eigenvalue weighted by Gasteiger charge is 2.34. The fraction of sp³-hybridized carbons (Fsp3) is 0.188. The average Bonchev–Trinajstić information content (AvgIpc) is 2.75. The molecule has 1 amide bonds. The molecule has 1 aromatic carbocycles. The van der Waals surface area contributed by atoms with Crippen LogP contribution >= 0.6 is 11.6 Å². The molecule has 0 spiro atoms. The van der Waals surface area contributed by atoms with Crippen LogP contribution in [0.3, 0.4) is 0 Å². The Morgan fingerprint density at radius 2 is 2.25 bits per heavy atom. The second-order valence-corrected chi connectivity index (χ2v) is 5.31. The molecule has 3 rings (SSSR count). The van der Waals surface area contributed by atoms with Gasteiger partial charge in [-0.15, -0.1) is 0 Å². The lowest BCUT2D eigenvalue weighted by atomic mass is 9.91. The Hall–Kier alpha value is -2.00. The zero-order valence-corrected chi connectivity index (χ0v) is 11.8. The highest BCUT2D eigenvalue weighted by Crippen LogP contribution is 2.37. The van der Waals surface area contributed by atoms with Crippen LogP contribution in [0, 0.1) is 5.92 Å². The van der Waals surface area contributed by atoms with E-state index in [1.54, 1.807) is 7.11 Å². The van der Waals surface area contributed by atoms with E-state index >= 15 is 0 Å².